The number of hydrogen-bond acceptors (Lipinski definition) is 2. The molecule has 8 rings (SSSR count). The van der Waals surface area contributed by atoms with E-state index >= 15 is 0 Å². The van der Waals surface area contributed by atoms with E-state index in [2.05, 4.69) is 133 Å². The lowest BCUT2D eigenvalue weighted by atomic mass is 9.33. The van der Waals surface area contributed by atoms with Gasteiger partial charge in [0.2, 0.25) is 0 Å². The van der Waals surface area contributed by atoms with Crippen LogP contribution in [0.25, 0.3) is 0 Å². The second kappa shape index (κ2) is 10.2. The van der Waals surface area contributed by atoms with Crippen molar-refractivity contribution in [3.63, 3.8) is 0 Å². The second-order valence-corrected chi connectivity index (χ2v) is 12.4. The lowest BCUT2D eigenvalue weighted by Crippen LogP contribution is -2.61. The highest BCUT2D eigenvalue weighted by Crippen LogP contribution is 2.46. The molecular weight excluding hydrogens is 507 g/mol. The average molecular weight is 545 g/mol. The summed E-state index contributed by atoms with van der Waals surface area (Å²) in [6.07, 6.45) is 7.63. The van der Waals surface area contributed by atoms with Gasteiger partial charge < -0.3 is 9.80 Å². The van der Waals surface area contributed by atoms with E-state index in [0.29, 0.717) is 5.92 Å². The van der Waals surface area contributed by atoms with Crippen LogP contribution in [0.1, 0.15) is 61.6 Å². The molecule has 3 heteroatoms. The SMILES string of the molecule is CCc1ccc(N2c3ccccc3B3c4ccccc4N(c4ccc(C)cc4)c4cc(C5CCCCC5)cc2c43)cc1. The van der Waals surface area contributed by atoms with Gasteiger partial charge in [0.1, 0.15) is 0 Å². The Balaban J connectivity index is 1.45. The summed E-state index contributed by atoms with van der Waals surface area (Å²) in [5.74, 6) is 0.609. The predicted octanol–water partition coefficient (Wildman–Crippen LogP) is 8.69. The fraction of sp³-hybridized carbons (Fsp3) is 0.231. The van der Waals surface area contributed by atoms with Crippen LogP contribution in [0.3, 0.4) is 0 Å². The quantitative estimate of drug-likeness (QED) is 0.205. The van der Waals surface area contributed by atoms with Gasteiger partial charge in [0.25, 0.3) is 6.71 Å². The first-order valence-corrected chi connectivity index (χ1v) is 15.8. The first kappa shape index (κ1) is 25.5. The topological polar surface area (TPSA) is 6.48 Å². The van der Waals surface area contributed by atoms with Gasteiger partial charge in [-0.1, -0.05) is 92.4 Å². The molecule has 1 fully saturated rings. The number of anilines is 6. The average Bonchev–Trinajstić information content (AvgIpc) is 3.05. The van der Waals surface area contributed by atoms with Gasteiger partial charge >= 0.3 is 0 Å². The van der Waals surface area contributed by atoms with Gasteiger partial charge in [0.15, 0.2) is 0 Å². The Kier molecular flexibility index (Phi) is 6.21. The lowest BCUT2D eigenvalue weighted by Gasteiger charge is -2.44. The summed E-state index contributed by atoms with van der Waals surface area (Å²) in [4.78, 5) is 5.10. The molecule has 3 aliphatic rings. The molecule has 5 aromatic rings. The van der Waals surface area contributed by atoms with Crippen LogP contribution < -0.4 is 26.2 Å². The number of benzene rings is 5. The smallest absolute Gasteiger partial charge is 0.252 e. The van der Waals surface area contributed by atoms with Crippen LogP contribution in [0.2, 0.25) is 0 Å². The molecule has 2 heterocycles. The molecule has 0 spiro atoms. The fourth-order valence-corrected chi connectivity index (χ4v) is 7.72. The van der Waals surface area contributed by atoms with E-state index in [9.17, 15) is 0 Å². The van der Waals surface area contributed by atoms with E-state index in [1.807, 2.05) is 0 Å². The Labute approximate surface area is 250 Å². The predicted molar refractivity (Wildman–Crippen MR) is 180 cm³/mol. The number of rotatable bonds is 4. The van der Waals surface area contributed by atoms with Gasteiger partial charge in [-0.15, -0.1) is 0 Å². The maximum atomic E-state index is 2.56. The number of para-hydroxylation sites is 2. The van der Waals surface area contributed by atoms with Crippen molar-refractivity contribution >= 4 is 57.2 Å². The molecule has 0 saturated heterocycles. The molecule has 206 valence electrons. The Morgan fingerprint density at radius 3 is 1.69 bits per heavy atom. The van der Waals surface area contributed by atoms with Crippen molar-refractivity contribution < 1.29 is 0 Å². The molecule has 1 saturated carbocycles. The molecule has 0 atom stereocenters. The second-order valence-electron chi connectivity index (χ2n) is 12.4. The third-order valence-corrected chi connectivity index (χ3v) is 9.88. The minimum absolute atomic E-state index is 0.190. The molecule has 2 nitrogen and oxygen atoms in total. The van der Waals surface area contributed by atoms with E-state index in [1.165, 1.54) is 99.3 Å². The Morgan fingerprint density at radius 1 is 0.619 bits per heavy atom. The summed E-state index contributed by atoms with van der Waals surface area (Å²) < 4.78 is 0. The molecule has 5 aromatic carbocycles. The molecule has 0 amide bonds. The highest BCUT2D eigenvalue weighted by molar-refractivity contribution is 7.00. The van der Waals surface area contributed by atoms with Crippen molar-refractivity contribution in [2.75, 3.05) is 9.80 Å². The number of nitrogens with zero attached hydrogens (tertiary/aromatic N) is 2. The maximum absolute atomic E-state index is 2.56. The van der Waals surface area contributed by atoms with Crippen LogP contribution in [0.4, 0.5) is 34.1 Å². The summed E-state index contributed by atoms with van der Waals surface area (Å²) >= 11 is 0. The normalized spacial score (nSPS) is 15.7. The van der Waals surface area contributed by atoms with Crippen LogP contribution >= 0.6 is 0 Å². The van der Waals surface area contributed by atoms with Crippen LogP contribution in [0, 0.1) is 6.92 Å². The number of aryl methyl sites for hydroxylation is 2. The van der Waals surface area contributed by atoms with Crippen molar-refractivity contribution in [3.8, 4) is 0 Å². The van der Waals surface area contributed by atoms with Crippen LogP contribution in [-0.4, -0.2) is 6.71 Å². The Hall–Kier alpha value is -4.24. The molecule has 0 N–H and O–H groups in total. The summed E-state index contributed by atoms with van der Waals surface area (Å²) in [7, 11) is 0. The van der Waals surface area contributed by atoms with Gasteiger partial charge in [0, 0.05) is 34.1 Å². The molecular formula is C39H37BN2. The zero-order chi connectivity index (χ0) is 28.2. The van der Waals surface area contributed by atoms with Crippen molar-refractivity contribution in [1.29, 1.82) is 0 Å². The largest absolute Gasteiger partial charge is 0.311 e. The molecule has 0 bridgehead atoms. The third-order valence-electron chi connectivity index (χ3n) is 9.88. The minimum atomic E-state index is 0.190. The zero-order valence-electron chi connectivity index (χ0n) is 24.7. The van der Waals surface area contributed by atoms with Gasteiger partial charge in [-0.3, -0.25) is 0 Å². The fourth-order valence-electron chi connectivity index (χ4n) is 7.72. The van der Waals surface area contributed by atoms with Gasteiger partial charge in [-0.2, -0.15) is 0 Å². The van der Waals surface area contributed by atoms with E-state index in [4.69, 9.17) is 0 Å². The molecule has 0 unspecified atom stereocenters. The van der Waals surface area contributed by atoms with Crippen molar-refractivity contribution in [2.24, 2.45) is 0 Å². The van der Waals surface area contributed by atoms with Crippen LogP contribution in [-0.2, 0) is 6.42 Å². The van der Waals surface area contributed by atoms with Crippen molar-refractivity contribution in [3.05, 3.63) is 126 Å². The highest BCUT2D eigenvalue weighted by Gasteiger charge is 2.43. The molecule has 2 aliphatic heterocycles. The first-order valence-electron chi connectivity index (χ1n) is 15.8. The minimum Gasteiger partial charge on any atom is -0.311 e. The highest BCUT2D eigenvalue weighted by atomic mass is 15.2. The van der Waals surface area contributed by atoms with Crippen LogP contribution in [0.5, 0.6) is 0 Å². The summed E-state index contributed by atoms with van der Waals surface area (Å²) in [5, 5.41) is 0. The Morgan fingerprint density at radius 2 is 1.14 bits per heavy atom. The van der Waals surface area contributed by atoms with E-state index in [-0.39, 0.29) is 6.71 Å². The zero-order valence-corrected chi connectivity index (χ0v) is 24.7. The lowest BCUT2D eigenvalue weighted by molar-refractivity contribution is 0.444. The van der Waals surface area contributed by atoms with Crippen LogP contribution in [0.15, 0.2) is 109 Å². The summed E-state index contributed by atoms with van der Waals surface area (Å²) in [5.41, 5.74) is 16.1. The van der Waals surface area contributed by atoms with E-state index < -0.39 is 0 Å². The summed E-state index contributed by atoms with van der Waals surface area (Å²) in [6, 6.07) is 41.7. The monoisotopic (exact) mass is 544 g/mol. The standard InChI is InChI=1S/C39H37BN2/c1-3-28-19-23-32(24-20-28)42-36-16-10-8-14-34(36)40-33-13-7-9-15-35(33)41(31-21-17-27(2)18-22-31)37-25-30(26-38(42)39(37)40)29-11-5-4-6-12-29/h7-10,13-26,29H,3-6,11-12H2,1-2H3. The molecule has 0 aromatic heterocycles. The van der Waals surface area contributed by atoms with Crippen molar-refractivity contribution in [1.82, 2.24) is 0 Å². The first-order chi connectivity index (χ1) is 20.7. The van der Waals surface area contributed by atoms with Gasteiger partial charge in [0.05, 0.1) is 0 Å². The van der Waals surface area contributed by atoms with Gasteiger partial charge in [-0.05, 0) is 108 Å². The number of hydrogen-bond donors (Lipinski definition) is 0. The number of fused-ring (bicyclic) bond motifs is 4. The van der Waals surface area contributed by atoms with E-state index in [1.54, 1.807) is 0 Å². The summed E-state index contributed by atoms with van der Waals surface area (Å²) in [6.45, 7) is 4.60. The molecule has 42 heavy (non-hydrogen) atoms. The third kappa shape index (κ3) is 4.01. The maximum Gasteiger partial charge on any atom is 0.252 e. The van der Waals surface area contributed by atoms with Crippen molar-refractivity contribution in [2.45, 2.75) is 58.3 Å². The Bertz CT molecular complexity index is 1770. The molecule has 0 radical (unpaired) electrons. The molecule has 1 aliphatic carbocycles. The van der Waals surface area contributed by atoms with Gasteiger partial charge in [-0.25, -0.2) is 0 Å². The van der Waals surface area contributed by atoms with E-state index in [0.717, 1.165) is 6.42 Å².